The van der Waals surface area contributed by atoms with Gasteiger partial charge in [0.1, 0.15) is 6.04 Å². The molecule has 2 aliphatic carbocycles. The molecule has 8 nitrogen and oxygen atoms in total. The molecule has 0 saturated heterocycles. The third-order valence-electron chi connectivity index (χ3n) is 6.07. The molecule has 0 radical (unpaired) electrons. The summed E-state index contributed by atoms with van der Waals surface area (Å²) in [5.74, 6) is -0.200. The zero-order valence-electron chi connectivity index (χ0n) is 16.1. The second-order valence-electron chi connectivity index (χ2n) is 8.00. The monoisotopic (exact) mass is 416 g/mol. The van der Waals surface area contributed by atoms with Crippen LogP contribution in [0.1, 0.15) is 44.9 Å². The summed E-state index contributed by atoms with van der Waals surface area (Å²) in [6.45, 7) is 0.401. The number of carbonyl (C=O) groups is 2. The maximum absolute atomic E-state index is 13.1. The van der Waals surface area contributed by atoms with Crippen molar-refractivity contribution in [1.82, 2.24) is 9.88 Å². The summed E-state index contributed by atoms with van der Waals surface area (Å²) < 4.78 is 0. The summed E-state index contributed by atoms with van der Waals surface area (Å²) in [7, 11) is 0. The second kappa shape index (κ2) is 8.44. The molecular weight excluding hydrogens is 392 g/mol. The van der Waals surface area contributed by atoms with Crippen molar-refractivity contribution in [2.24, 2.45) is 11.8 Å². The quantitative estimate of drug-likeness (QED) is 0.563. The van der Waals surface area contributed by atoms with E-state index in [1.165, 1.54) is 36.7 Å². The number of nitrogens with zero attached hydrogens (tertiary/aromatic N) is 3. The maximum atomic E-state index is 13.1. The van der Waals surface area contributed by atoms with Gasteiger partial charge in [-0.2, -0.15) is 0 Å². The van der Waals surface area contributed by atoms with E-state index >= 15 is 0 Å². The van der Waals surface area contributed by atoms with Gasteiger partial charge in [-0.15, -0.1) is 11.3 Å². The Balaban J connectivity index is 1.56. The zero-order valence-corrected chi connectivity index (χ0v) is 16.9. The van der Waals surface area contributed by atoms with Gasteiger partial charge in [0.05, 0.1) is 17.3 Å². The Hall–Kier alpha value is -2.55. The topological polar surface area (TPSA) is 105 Å². The van der Waals surface area contributed by atoms with E-state index in [-0.39, 0.29) is 29.7 Å². The number of carbonyl (C=O) groups excluding carboxylic acids is 2. The lowest BCUT2D eigenvalue weighted by Gasteiger charge is -2.32. The van der Waals surface area contributed by atoms with E-state index in [4.69, 9.17) is 0 Å². The summed E-state index contributed by atoms with van der Waals surface area (Å²) >= 11 is 1.37. The lowest BCUT2D eigenvalue weighted by atomic mass is 9.84. The maximum Gasteiger partial charge on any atom is 0.253 e. The number of amides is 1. The highest BCUT2D eigenvalue weighted by molar-refractivity contribution is 7.13. The van der Waals surface area contributed by atoms with Crippen LogP contribution in [0.4, 0.5) is 5.13 Å². The van der Waals surface area contributed by atoms with Crippen molar-refractivity contribution >= 4 is 28.2 Å². The first-order chi connectivity index (χ1) is 14.0. The van der Waals surface area contributed by atoms with Crippen molar-refractivity contribution in [3.8, 4) is 0 Å². The summed E-state index contributed by atoms with van der Waals surface area (Å²) in [6, 6.07) is -0.416. The van der Waals surface area contributed by atoms with E-state index in [1.807, 2.05) is 4.90 Å². The lowest BCUT2D eigenvalue weighted by Crippen LogP contribution is -2.43. The van der Waals surface area contributed by atoms with E-state index in [9.17, 15) is 19.7 Å². The number of nitrogens with one attached hydrogen (secondary N) is 1. The smallest absolute Gasteiger partial charge is 0.253 e. The summed E-state index contributed by atoms with van der Waals surface area (Å²) in [5, 5.41) is 16.4. The van der Waals surface area contributed by atoms with Crippen LogP contribution >= 0.6 is 11.3 Å². The normalized spacial score (nSPS) is 23.2. The largest absolute Gasteiger partial charge is 0.364 e. The molecule has 0 aromatic carbocycles. The average molecular weight is 417 g/mol. The van der Waals surface area contributed by atoms with Gasteiger partial charge in [-0.1, -0.05) is 32.1 Å². The number of allylic oxidation sites excluding steroid dienone is 2. The molecule has 0 bridgehead atoms. The molecule has 1 aromatic heterocycles. The molecule has 9 heteroatoms. The van der Waals surface area contributed by atoms with Gasteiger partial charge in [0.25, 0.3) is 5.70 Å². The third kappa shape index (κ3) is 4.39. The molecule has 1 amide bonds. The average Bonchev–Trinajstić information content (AvgIpc) is 3.36. The molecule has 1 N–H and O–H groups in total. The van der Waals surface area contributed by atoms with Crippen molar-refractivity contribution < 1.29 is 14.5 Å². The molecule has 4 rings (SSSR count). The fourth-order valence-electron chi connectivity index (χ4n) is 4.56. The Bertz CT molecular complexity index is 858. The molecule has 1 aromatic rings. The summed E-state index contributed by atoms with van der Waals surface area (Å²) in [4.78, 5) is 42.2. The number of fused-ring (bicyclic) bond motifs is 1. The van der Waals surface area contributed by atoms with Crippen LogP contribution < -0.4 is 5.32 Å². The van der Waals surface area contributed by atoms with Crippen molar-refractivity contribution in [1.29, 1.82) is 0 Å². The van der Waals surface area contributed by atoms with Gasteiger partial charge < -0.3 is 10.2 Å². The number of hydrogen-bond donors (Lipinski definition) is 1. The van der Waals surface area contributed by atoms with E-state index < -0.39 is 11.0 Å². The van der Waals surface area contributed by atoms with Crippen LogP contribution in [0.25, 0.3) is 0 Å². The Kier molecular flexibility index (Phi) is 5.75. The van der Waals surface area contributed by atoms with E-state index in [2.05, 4.69) is 10.3 Å². The van der Waals surface area contributed by atoms with E-state index in [0.717, 1.165) is 12.8 Å². The van der Waals surface area contributed by atoms with Gasteiger partial charge in [0, 0.05) is 30.4 Å². The standard InChI is InChI=1S/C20H24N4O4S/c25-18-10-15(24(27)28)9-14-11-23(12-16(14)18)17(8-13-4-2-1-3-5-13)19(26)22-20-21-6-7-29-20/h6-7,9,11,13,16-17H,1-5,8,10,12H2,(H,21,22,26)/t16?,17-/m0/s1. The van der Waals surface area contributed by atoms with Crippen LogP contribution in [-0.2, 0) is 9.59 Å². The molecule has 3 aliphatic rings. The Labute approximate surface area is 172 Å². The van der Waals surface area contributed by atoms with Crippen molar-refractivity contribution in [3.63, 3.8) is 0 Å². The number of thiazole rings is 1. The van der Waals surface area contributed by atoms with Gasteiger partial charge >= 0.3 is 0 Å². The van der Waals surface area contributed by atoms with Crippen LogP contribution in [-0.4, -0.2) is 39.1 Å². The fourth-order valence-corrected chi connectivity index (χ4v) is 5.09. The Morgan fingerprint density at radius 3 is 2.86 bits per heavy atom. The molecule has 0 spiro atoms. The minimum absolute atomic E-state index is 0.0737. The highest BCUT2D eigenvalue weighted by Gasteiger charge is 2.40. The first-order valence-electron chi connectivity index (χ1n) is 10.1. The molecule has 1 saturated carbocycles. The number of hydrogen-bond acceptors (Lipinski definition) is 7. The summed E-state index contributed by atoms with van der Waals surface area (Å²) in [6.07, 6.45) is 11.3. The highest BCUT2D eigenvalue weighted by Crippen LogP contribution is 2.35. The van der Waals surface area contributed by atoms with Gasteiger partial charge in [0.2, 0.25) is 5.91 Å². The molecular formula is C20H24N4O4S. The van der Waals surface area contributed by atoms with Gasteiger partial charge in [-0.25, -0.2) is 4.98 Å². The molecule has 1 fully saturated rings. The minimum atomic E-state index is -0.494. The molecule has 29 heavy (non-hydrogen) atoms. The number of ketones is 1. The van der Waals surface area contributed by atoms with E-state index in [0.29, 0.717) is 29.6 Å². The van der Waals surface area contributed by atoms with Crippen LogP contribution in [0.5, 0.6) is 0 Å². The van der Waals surface area contributed by atoms with Gasteiger partial charge in [-0.3, -0.25) is 19.7 Å². The number of rotatable bonds is 6. The fraction of sp³-hybridized carbons (Fsp3) is 0.550. The number of Topliss-reactive ketones (excluding diaryl/α,β-unsaturated/α-hetero) is 1. The molecule has 1 unspecified atom stereocenters. The SMILES string of the molecule is O=C1CC([N+](=O)[O-])=CC2=CN([C@@H](CC3CCCCC3)C(=O)Nc3nccs3)CC12. The summed E-state index contributed by atoms with van der Waals surface area (Å²) in [5.41, 5.74) is 0.569. The molecule has 154 valence electrons. The van der Waals surface area contributed by atoms with Crippen molar-refractivity contribution in [3.05, 3.63) is 45.2 Å². The van der Waals surface area contributed by atoms with Gasteiger partial charge in [-0.05, 0) is 17.9 Å². The predicted octanol–water partition coefficient (Wildman–Crippen LogP) is 3.37. The predicted molar refractivity (Wildman–Crippen MR) is 109 cm³/mol. The first-order valence-corrected chi connectivity index (χ1v) is 10.9. The third-order valence-corrected chi connectivity index (χ3v) is 6.76. The Morgan fingerprint density at radius 2 is 2.17 bits per heavy atom. The second-order valence-corrected chi connectivity index (χ2v) is 8.89. The van der Waals surface area contributed by atoms with Crippen LogP contribution in [0.15, 0.2) is 35.1 Å². The van der Waals surface area contributed by atoms with Crippen molar-refractivity contribution in [2.45, 2.75) is 51.0 Å². The zero-order chi connectivity index (χ0) is 20.4. The number of anilines is 1. The molecule has 2 heterocycles. The van der Waals surface area contributed by atoms with Crippen LogP contribution in [0.2, 0.25) is 0 Å². The van der Waals surface area contributed by atoms with Gasteiger partial charge in [0.15, 0.2) is 10.9 Å². The van der Waals surface area contributed by atoms with E-state index in [1.54, 1.807) is 17.8 Å². The van der Waals surface area contributed by atoms with Crippen LogP contribution in [0, 0.1) is 22.0 Å². The Morgan fingerprint density at radius 1 is 1.38 bits per heavy atom. The number of aromatic nitrogens is 1. The highest BCUT2D eigenvalue weighted by atomic mass is 32.1. The molecule has 2 atom stereocenters. The van der Waals surface area contributed by atoms with Crippen molar-refractivity contribution in [2.75, 3.05) is 11.9 Å². The first kappa shape index (κ1) is 19.8. The van der Waals surface area contributed by atoms with Crippen LogP contribution in [0.3, 0.4) is 0 Å². The lowest BCUT2D eigenvalue weighted by molar-refractivity contribution is -0.427. The molecule has 1 aliphatic heterocycles. The minimum Gasteiger partial charge on any atom is -0.364 e. The number of nitro groups is 1.